The number of rotatable bonds is 1. The molecule has 0 saturated carbocycles. The summed E-state index contributed by atoms with van der Waals surface area (Å²) in [7, 11) is 0. The van der Waals surface area contributed by atoms with Crippen LogP contribution >= 0.6 is 11.6 Å². The molecule has 1 N–H and O–H groups in total. The maximum absolute atomic E-state index is 11.9. The van der Waals surface area contributed by atoms with E-state index >= 15 is 0 Å². The Bertz CT molecular complexity index is 610. The topological polar surface area (TPSA) is 59.0 Å². The van der Waals surface area contributed by atoms with Gasteiger partial charge in [-0.2, -0.15) is 0 Å². The van der Waals surface area contributed by atoms with Gasteiger partial charge in [0.1, 0.15) is 0 Å². The van der Waals surface area contributed by atoms with Gasteiger partial charge < -0.3 is 4.42 Å². The number of halogens is 1. The lowest BCUT2D eigenvalue weighted by atomic mass is 10.2. The van der Waals surface area contributed by atoms with Gasteiger partial charge in [0.15, 0.2) is 5.58 Å². The number of fused-ring (bicyclic) bond motifs is 1. The van der Waals surface area contributed by atoms with E-state index in [1.807, 2.05) is 0 Å². The van der Waals surface area contributed by atoms with Crippen molar-refractivity contribution in [1.82, 2.24) is 4.57 Å². The molecular weight excluding hydrogens is 228 g/mol. The molecule has 0 fully saturated rings. The van der Waals surface area contributed by atoms with Crippen LogP contribution in [0.4, 0.5) is 0 Å². The summed E-state index contributed by atoms with van der Waals surface area (Å²) in [6.07, 6.45) is 0. The Balaban J connectivity index is 2.77. The Labute approximate surface area is 96.9 Å². The maximum atomic E-state index is 11.9. The van der Waals surface area contributed by atoms with Crippen LogP contribution in [-0.2, 0) is 0 Å². The fourth-order valence-corrected chi connectivity index (χ4v) is 1.65. The first-order valence-corrected chi connectivity index (χ1v) is 5.28. The molecule has 1 aromatic heterocycles. The van der Waals surface area contributed by atoms with Gasteiger partial charge in [0.05, 0.1) is 5.52 Å². The minimum absolute atomic E-state index is 0.170. The summed E-state index contributed by atoms with van der Waals surface area (Å²) in [4.78, 5) is 11.9. The Hall–Kier alpha value is -1.55. The van der Waals surface area contributed by atoms with E-state index in [2.05, 4.69) is 0 Å². The molecule has 0 radical (unpaired) electrons. The van der Waals surface area contributed by atoms with Gasteiger partial charge in [0.25, 0.3) is 0 Å². The Morgan fingerprint density at radius 1 is 1.50 bits per heavy atom. The molecule has 2 aromatic rings. The molecule has 0 aliphatic heterocycles. The van der Waals surface area contributed by atoms with Crippen molar-refractivity contribution in [2.24, 2.45) is 5.92 Å². The summed E-state index contributed by atoms with van der Waals surface area (Å²) in [5.41, 5.74) is 0.857. The van der Waals surface area contributed by atoms with Crippen molar-refractivity contribution in [2.75, 3.05) is 0 Å². The van der Waals surface area contributed by atoms with Gasteiger partial charge in [-0.25, -0.2) is 4.57 Å². The molecule has 1 aromatic carbocycles. The molecule has 2 rings (SSSR count). The molecule has 16 heavy (non-hydrogen) atoms. The van der Waals surface area contributed by atoms with Crippen molar-refractivity contribution in [3.63, 3.8) is 0 Å². The predicted molar refractivity (Wildman–Crippen MR) is 60.5 cm³/mol. The van der Waals surface area contributed by atoms with Crippen molar-refractivity contribution in [2.45, 2.75) is 13.8 Å². The van der Waals surface area contributed by atoms with E-state index in [0.717, 1.165) is 0 Å². The average Bonchev–Trinajstić information content (AvgIpc) is 2.52. The van der Waals surface area contributed by atoms with Crippen LogP contribution < -0.4 is 5.68 Å². The van der Waals surface area contributed by atoms with Gasteiger partial charge in [-0.05, 0) is 18.2 Å². The maximum Gasteiger partial charge on any atom is 0.301 e. The highest BCUT2D eigenvalue weighted by atomic mass is 35.5. The minimum Gasteiger partial charge on any atom is -0.423 e. The van der Waals surface area contributed by atoms with E-state index in [0.29, 0.717) is 16.1 Å². The third-order valence-corrected chi connectivity index (χ3v) is 2.52. The summed E-state index contributed by atoms with van der Waals surface area (Å²) in [6, 6.07) is 4.94. The van der Waals surface area contributed by atoms with E-state index in [1.54, 1.807) is 32.0 Å². The second-order valence-corrected chi connectivity index (χ2v) is 4.28. The van der Waals surface area contributed by atoms with Crippen LogP contribution in [0.25, 0.3) is 11.1 Å². The summed E-state index contributed by atoms with van der Waals surface area (Å²) in [5, 5.41) is 8.14. The number of nitrogens with zero attached hydrogens (tertiary/aromatic N) is 1. The number of hydrogen-bond acceptors (Lipinski definition) is 3. The van der Waals surface area contributed by atoms with Crippen LogP contribution in [0, 0.1) is 11.3 Å². The van der Waals surface area contributed by atoms with Crippen LogP contribution in [-0.4, -0.2) is 10.5 Å². The Morgan fingerprint density at radius 2 is 2.19 bits per heavy atom. The molecular formula is C11H11ClN2O2. The first kappa shape index (κ1) is 11.0. The highest BCUT2D eigenvalue weighted by Gasteiger charge is 2.16. The van der Waals surface area contributed by atoms with Crippen molar-refractivity contribution in [3.05, 3.63) is 28.9 Å². The number of aromatic nitrogens is 1. The molecule has 0 unspecified atom stereocenters. The van der Waals surface area contributed by atoms with Crippen molar-refractivity contribution >= 4 is 28.6 Å². The lowest BCUT2D eigenvalue weighted by molar-refractivity contribution is 0.0849. The van der Waals surface area contributed by atoms with Crippen molar-refractivity contribution in [1.29, 1.82) is 5.41 Å². The number of benzene rings is 1. The SMILES string of the molecule is CC(C)C(=O)n1c(=N)oc2ccc(Cl)cc21. The van der Waals surface area contributed by atoms with Crippen LogP contribution in [0.2, 0.25) is 5.02 Å². The van der Waals surface area contributed by atoms with Gasteiger partial charge in [0.2, 0.25) is 5.91 Å². The zero-order valence-electron chi connectivity index (χ0n) is 8.95. The lowest BCUT2D eigenvalue weighted by Gasteiger charge is -2.04. The molecule has 0 atom stereocenters. The normalized spacial score (nSPS) is 11.2. The number of nitrogens with one attached hydrogen (secondary N) is 1. The molecule has 1 heterocycles. The second kappa shape index (κ2) is 3.79. The van der Waals surface area contributed by atoms with E-state index in [1.165, 1.54) is 4.57 Å². The molecule has 5 heteroatoms. The molecule has 0 bridgehead atoms. The number of oxazole rings is 1. The molecule has 0 aliphatic carbocycles. The van der Waals surface area contributed by atoms with E-state index < -0.39 is 0 Å². The second-order valence-electron chi connectivity index (χ2n) is 3.85. The van der Waals surface area contributed by atoms with Crippen LogP contribution in [0.3, 0.4) is 0 Å². The van der Waals surface area contributed by atoms with Gasteiger partial charge in [-0.1, -0.05) is 25.4 Å². The van der Waals surface area contributed by atoms with E-state index in [4.69, 9.17) is 21.4 Å². The average molecular weight is 239 g/mol. The largest absolute Gasteiger partial charge is 0.423 e. The number of carbonyl (C=O) groups excluding carboxylic acids is 1. The Kier molecular flexibility index (Phi) is 2.59. The summed E-state index contributed by atoms with van der Waals surface area (Å²) in [5.74, 6) is -0.375. The molecule has 4 nitrogen and oxygen atoms in total. The van der Waals surface area contributed by atoms with Crippen molar-refractivity contribution < 1.29 is 9.21 Å². The lowest BCUT2D eigenvalue weighted by Crippen LogP contribution is -2.26. The minimum atomic E-state index is -0.200. The first-order chi connectivity index (χ1) is 7.50. The fraction of sp³-hybridized carbons (Fsp3) is 0.273. The highest BCUT2D eigenvalue weighted by molar-refractivity contribution is 6.31. The predicted octanol–water partition coefficient (Wildman–Crippen LogP) is 2.66. The molecule has 0 amide bonds. The molecule has 0 aliphatic rings. The van der Waals surface area contributed by atoms with E-state index in [9.17, 15) is 4.79 Å². The summed E-state index contributed by atoms with van der Waals surface area (Å²) in [6.45, 7) is 3.55. The van der Waals surface area contributed by atoms with Crippen LogP contribution in [0.5, 0.6) is 0 Å². The van der Waals surface area contributed by atoms with Gasteiger partial charge in [-0.15, -0.1) is 0 Å². The van der Waals surface area contributed by atoms with Crippen LogP contribution in [0.1, 0.15) is 18.6 Å². The summed E-state index contributed by atoms with van der Waals surface area (Å²) >= 11 is 5.86. The standard InChI is InChI=1S/C11H11ClN2O2/c1-6(2)10(15)14-8-5-7(12)3-4-9(8)16-11(14)13/h3-6,13H,1-2H3. The molecule has 0 spiro atoms. The molecule has 84 valence electrons. The monoisotopic (exact) mass is 238 g/mol. The van der Waals surface area contributed by atoms with Crippen molar-refractivity contribution in [3.8, 4) is 0 Å². The zero-order chi connectivity index (χ0) is 11.9. The quantitative estimate of drug-likeness (QED) is 0.830. The smallest absolute Gasteiger partial charge is 0.301 e. The number of hydrogen-bond donors (Lipinski definition) is 1. The van der Waals surface area contributed by atoms with Gasteiger partial charge in [0, 0.05) is 10.9 Å². The number of carbonyl (C=O) groups is 1. The highest BCUT2D eigenvalue weighted by Crippen LogP contribution is 2.19. The summed E-state index contributed by atoms with van der Waals surface area (Å²) < 4.78 is 6.42. The van der Waals surface area contributed by atoms with E-state index in [-0.39, 0.29) is 17.5 Å². The third-order valence-electron chi connectivity index (χ3n) is 2.29. The van der Waals surface area contributed by atoms with Gasteiger partial charge in [-0.3, -0.25) is 10.2 Å². The zero-order valence-corrected chi connectivity index (χ0v) is 9.71. The molecule has 0 saturated heterocycles. The first-order valence-electron chi connectivity index (χ1n) is 4.90. The van der Waals surface area contributed by atoms with Gasteiger partial charge >= 0.3 is 5.68 Å². The third kappa shape index (κ3) is 1.65. The Morgan fingerprint density at radius 3 is 2.81 bits per heavy atom. The fourth-order valence-electron chi connectivity index (χ4n) is 1.49. The van der Waals surface area contributed by atoms with Crippen LogP contribution in [0.15, 0.2) is 22.6 Å².